The highest BCUT2D eigenvalue weighted by Gasteiger charge is 2.30. The summed E-state index contributed by atoms with van der Waals surface area (Å²) in [6.45, 7) is 7.18. The van der Waals surface area contributed by atoms with Gasteiger partial charge in [0.15, 0.2) is 12.2 Å². The molecule has 0 fully saturated rings. The second-order valence-corrected chi connectivity index (χ2v) is 28.3. The zero-order valence-corrected chi connectivity index (χ0v) is 58.6. The maximum absolute atomic E-state index is 13.0. The smallest absolute Gasteiger partial charge is 0.462 e. The summed E-state index contributed by atoms with van der Waals surface area (Å²) in [4.78, 5) is 72.3. The summed E-state index contributed by atoms with van der Waals surface area (Å²) in [7, 11) is -9.89. The summed E-state index contributed by atoms with van der Waals surface area (Å²) in [5.74, 6) is -1.37. The molecule has 522 valence electrons. The number of carbonyl (C=O) groups excluding carboxylic acids is 4. The van der Waals surface area contributed by atoms with Crippen molar-refractivity contribution in [1.29, 1.82) is 0 Å². The molecule has 0 spiro atoms. The van der Waals surface area contributed by atoms with Crippen molar-refractivity contribution in [3.8, 4) is 0 Å². The Kier molecular flexibility index (Phi) is 61.1. The molecule has 0 aliphatic rings. The van der Waals surface area contributed by atoms with Crippen LogP contribution in [0.15, 0.2) is 0 Å². The molecule has 0 aliphatic heterocycles. The van der Waals surface area contributed by atoms with E-state index in [-0.39, 0.29) is 25.7 Å². The molecule has 2 unspecified atom stereocenters. The summed E-state index contributed by atoms with van der Waals surface area (Å²) >= 11 is 0. The van der Waals surface area contributed by atoms with Gasteiger partial charge >= 0.3 is 39.5 Å². The molecule has 0 saturated carbocycles. The van der Waals surface area contributed by atoms with Crippen molar-refractivity contribution in [1.82, 2.24) is 0 Å². The second-order valence-electron chi connectivity index (χ2n) is 25.4. The summed E-state index contributed by atoms with van der Waals surface area (Å²) in [6, 6.07) is 0. The molecule has 0 aliphatic carbocycles. The fourth-order valence-electron chi connectivity index (χ4n) is 10.5. The van der Waals surface area contributed by atoms with Gasteiger partial charge in [-0.1, -0.05) is 304 Å². The molecule has 0 amide bonds. The minimum atomic E-state index is -4.95. The fourth-order valence-corrected chi connectivity index (χ4v) is 12.0. The maximum Gasteiger partial charge on any atom is 0.472 e. The first-order chi connectivity index (χ1) is 42.5. The van der Waals surface area contributed by atoms with Crippen LogP contribution in [0.3, 0.4) is 0 Å². The zero-order chi connectivity index (χ0) is 64.9. The van der Waals surface area contributed by atoms with E-state index in [1.165, 1.54) is 167 Å². The number of carbonyl (C=O) groups is 4. The molecular weight excluding hydrogens is 1160 g/mol. The Labute approximate surface area is 537 Å². The van der Waals surface area contributed by atoms with E-state index in [4.69, 9.17) is 37.0 Å². The number of hydrogen-bond donors (Lipinski definition) is 3. The van der Waals surface area contributed by atoms with Crippen LogP contribution in [-0.4, -0.2) is 96.7 Å². The number of esters is 4. The van der Waals surface area contributed by atoms with E-state index in [1.807, 2.05) is 0 Å². The predicted octanol–water partition coefficient (Wildman–Crippen LogP) is 19.7. The summed E-state index contributed by atoms with van der Waals surface area (Å²) < 4.78 is 68.1. The molecule has 3 N–H and O–H groups in total. The van der Waals surface area contributed by atoms with Gasteiger partial charge in [0.1, 0.15) is 19.3 Å². The Balaban J connectivity index is 5.16. The number of phosphoric acid groups is 2. The lowest BCUT2D eigenvalue weighted by molar-refractivity contribution is -0.161. The van der Waals surface area contributed by atoms with Gasteiger partial charge in [0.05, 0.1) is 26.4 Å². The van der Waals surface area contributed by atoms with Gasteiger partial charge in [0, 0.05) is 25.7 Å². The molecule has 0 aromatic heterocycles. The van der Waals surface area contributed by atoms with E-state index >= 15 is 0 Å². The Morgan fingerprint density at radius 3 is 0.773 bits per heavy atom. The largest absolute Gasteiger partial charge is 0.472 e. The maximum atomic E-state index is 13.0. The highest BCUT2D eigenvalue weighted by molar-refractivity contribution is 7.47. The normalized spacial score (nSPS) is 14.1. The topological polar surface area (TPSA) is 237 Å². The van der Waals surface area contributed by atoms with Crippen molar-refractivity contribution in [2.24, 2.45) is 5.92 Å². The van der Waals surface area contributed by atoms with Crippen molar-refractivity contribution in [3.63, 3.8) is 0 Å². The highest BCUT2D eigenvalue weighted by Crippen LogP contribution is 2.45. The SMILES string of the molecule is CCCCCCCCCCCCCCCCCCCCCC(=O)O[C@H](COC(=O)CCCCCCCCCCCCC(C)C)COP(=O)(O)OC[C@@H](O)COP(=O)(O)OC[C@@H](COC(=O)CCCCCCCCCC)OC(=O)CCCCCCCCCC. The number of hydrogen-bond acceptors (Lipinski definition) is 15. The molecule has 0 rings (SSSR count). The van der Waals surface area contributed by atoms with E-state index in [9.17, 15) is 43.2 Å². The number of ether oxygens (including phenoxy) is 4. The predicted molar refractivity (Wildman–Crippen MR) is 354 cm³/mol. The van der Waals surface area contributed by atoms with Crippen molar-refractivity contribution in [2.75, 3.05) is 39.6 Å². The number of phosphoric ester groups is 2. The van der Waals surface area contributed by atoms with Gasteiger partial charge in [0.25, 0.3) is 0 Å². The molecule has 0 radical (unpaired) electrons. The number of aliphatic hydroxyl groups excluding tert-OH is 1. The summed E-state index contributed by atoms with van der Waals surface area (Å²) in [6.07, 6.45) is 48.8. The molecule has 0 aromatic carbocycles. The van der Waals surface area contributed by atoms with Crippen LogP contribution in [0.25, 0.3) is 0 Å². The molecular formula is C69H134O17P2. The van der Waals surface area contributed by atoms with Gasteiger partial charge in [-0.25, -0.2) is 9.13 Å². The average Bonchev–Trinajstić information content (AvgIpc) is 3.59. The molecule has 88 heavy (non-hydrogen) atoms. The number of unbranched alkanes of at least 4 members (excludes halogenated alkanes) is 41. The van der Waals surface area contributed by atoms with Gasteiger partial charge < -0.3 is 33.8 Å². The lowest BCUT2D eigenvalue weighted by Gasteiger charge is -2.21. The number of aliphatic hydroxyl groups is 1. The number of rotatable bonds is 69. The van der Waals surface area contributed by atoms with Crippen molar-refractivity contribution in [2.45, 2.75) is 374 Å². The van der Waals surface area contributed by atoms with E-state index < -0.39 is 97.5 Å². The molecule has 0 heterocycles. The third kappa shape index (κ3) is 62.8. The third-order valence-corrected chi connectivity index (χ3v) is 17.9. The molecule has 17 nitrogen and oxygen atoms in total. The molecule has 5 atom stereocenters. The van der Waals surface area contributed by atoms with Gasteiger partial charge in [-0.3, -0.25) is 37.3 Å². The highest BCUT2D eigenvalue weighted by atomic mass is 31.2. The first-order valence-corrected chi connectivity index (χ1v) is 39.1. The monoisotopic (exact) mass is 1300 g/mol. The lowest BCUT2D eigenvalue weighted by Crippen LogP contribution is -2.30. The van der Waals surface area contributed by atoms with E-state index in [2.05, 4.69) is 34.6 Å². The standard InChI is InChI=1S/C69H134O17P2/c1-6-9-12-15-18-21-22-23-24-25-26-27-28-29-30-35-40-45-50-55-69(74)86-65(59-80-67(72)53-48-43-39-34-32-31-33-36-41-46-51-62(4)5)61-84-88(77,78)82-57-63(70)56-81-87(75,76)83-60-64(85-68(73)54-49-44-38-20-17-14-11-8-3)58-79-66(71)52-47-42-37-19-16-13-10-7-2/h62-65,70H,6-61H2,1-5H3,(H,75,76)(H,77,78)/t63-,64+,65+/m0/s1. The first-order valence-electron chi connectivity index (χ1n) is 36.1. The zero-order valence-electron chi connectivity index (χ0n) is 56.9. The minimum Gasteiger partial charge on any atom is -0.462 e. The summed E-state index contributed by atoms with van der Waals surface area (Å²) in [5.41, 5.74) is 0. The molecule has 0 bridgehead atoms. The van der Waals surface area contributed by atoms with Crippen LogP contribution >= 0.6 is 15.6 Å². The van der Waals surface area contributed by atoms with Crippen LogP contribution in [0.4, 0.5) is 0 Å². The third-order valence-electron chi connectivity index (χ3n) is 16.0. The Morgan fingerprint density at radius 2 is 0.523 bits per heavy atom. The van der Waals surface area contributed by atoms with Gasteiger partial charge in [-0.2, -0.15) is 0 Å². The second kappa shape index (κ2) is 62.5. The first kappa shape index (κ1) is 86.1. The fraction of sp³-hybridized carbons (Fsp3) is 0.942. The van der Waals surface area contributed by atoms with Crippen LogP contribution in [-0.2, 0) is 65.4 Å². The average molecular weight is 1300 g/mol. The van der Waals surface area contributed by atoms with Gasteiger partial charge in [-0.15, -0.1) is 0 Å². The van der Waals surface area contributed by atoms with Gasteiger partial charge in [-0.05, 0) is 31.6 Å². The van der Waals surface area contributed by atoms with Crippen LogP contribution < -0.4 is 0 Å². The van der Waals surface area contributed by atoms with Crippen LogP contribution in [0, 0.1) is 5.92 Å². The van der Waals surface area contributed by atoms with E-state index in [0.717, 1.165) is 109 Å². The minimum absolute atomic E-state index is 0.105. The van der Waals surface area contributed by atoms with Crippen LogP contribution in [0.1, 0.15) is 356 Å². The Bertz CT molecular complexity index is 1700. The molecule has 0 saturated heterocycles. The summed E-state index contributed by atoms with van der Waals surface area (Å²) in [5, 5.41) is 10.6. The van der Waals surface area contributed by atoms with E-state index in [1.54, 1.807) is 0 Å². The van der Waals surface area contributed by atoms with Crippen molar-refractivity contribution < 1.29 is 80.2 Å². The van der Waals surface area contributed by atoms with Crippen LogP contribution in [0.5, 0.6) is 0 Å². The van der Waals surface area contributed by atoms with Gasteiger partial charge in [0.2, 0.25) is 0 Å². The molecule has 19 heteroatoms. The van der Waals surface area contributed by atoms with Crippen molar-refractivity contribution >= 4 is 39.5 Å². The molecule has 0 aromatic rings. The quantitative estimate of drug-likeness (QED) is 0.0222. The van der Waals surface area contributed by atoms with Crippen LogP contribution in [0.2, 0.25) is 0 Å². The Morgan fingerprint density at radius 1 is 0.307 bits per heavy atom. The Hall–Kier alpha value is -1.94. The lowest BCUT2D eigenvalue weighted by atomic mass is 10.0. The van der Waals surface area contributed by atoms with E-state index in [0.29, 0.717) is 25.7 Å². The van der Waals surface area contributed by atoms with Crippen molar-refractivity contribution in [3.05, 3.63) is 0 Å².